The quantitative estimate of drug-likeness (QED) is 0.822. The highest BCUT2D eigenvalue weighted by molar-refractivity contribution is 5.75. The number of carbonyl (C=O) groups is 1. The van der Waals surface area contributed by atoms with Crippen LogP contribution in [0.2, 0.25) is 0 Å². The van der Waals surface area contributed by atoms with Crippen molar-refractivity contribution in [2.45, 2.75) is 25.8 Å². The smallest absolute Gasteiger partial charge is 0.311 e. The van der Waals surface area contributed by atoms with Crippen molar-refractivity contribution in [2.24, 2.45) is 5.41 Å². The first-order valence-corrected chi connectivity index (χ1v) is 8.19. The van der Waals surface area contributed by atoms with Crippen LogP contribution in [0.25, 0.3) is 11.5 Å². The minimum absolute atomic E-state index is 0.493. The maximum atomic E-state index is 11.7. The van der Waals surface area contributed by atoms with E-state index in [0.717, 1.165) is 24.2 Å². The molecule has 0 radical (unpaired) electrons. The van der Waals surface area contributed by atoms with E-state index in [1.807, 2.05) is 30.3 Å². The molecule has 0 spiro atoms. The zero-order valence-electron chi connectivity index (χ0n) is 13.6. The Kier molecular flexibility index (Phi) is 4.81. The van der Waals surface area contributed by atoms with Crippen molar-refractivity contribution in [1.82, 2.24) is 9.88 Å². The van der Waals surface area contributed by atoms with E-state index in [-0.39, 0.29) is 0 Å². The Labute approximate surface area is 141 Å². The van der Waals surface area contributed by atoms with Gasteiger partial charge in [-0.25, -0.2) is 4.98 Å². The Morgan fingerprint density at radius 3 is 2.92 bits per heavy atom. The summed E-state index contributed by atoms with van der Waals surface area (Å²) in [5.74, 6) is -0.143. The van der Waals surface area contributed by atoms with E-state index in [2.05, 4.69) is 16.5 Å². The molecule has 0 aliphatic carbocycles. The van der Waals surface area contributed by atoms with Crippen LogP contribution >= 0.6 is 0 Å². The summed E-state index contributed by atoms with van der Waals surface area (Å²) in [6.07, 6.45) is 5.42. The van der Waals surface area contributed by atoms with Crippen LogP contribution in [0.1, 0.15) is 25.0 Å². The predicted octanol–water partition coefficient (Wildman–Crippen LogP) is 3.58. The molecule has 126 valence electrons. The Morgan fingerprint density at radius 2 is 2.21 bits per heavy atom. The van der Waals surface area contributed by atoms with Gasteiger partial charge in [0.05, 0.1) is 11.1 Å². The molecule has 1 N–H and O–H groups in total. The van der Waals surface area contributed by atoms with Crippen LogP contribution in [0.15, 0.2) is 53.7 Å². The summed E-state index contributed by atoms with van der Waals surface area (Å²) in [6.45, 7) is 5.71. The molecule has 1 aromatic heterocycles. The first-order chi connectivity index (χ1) is 11.6. The highest BCUT2D eigenvalue weighted by atomic mass is 16.4. The fourth-order valence-electron chi connectivity index (χ4n) is 3.39. The van der Waals surface area contributed by atoms with E-state index >= 15 is 0 Å². The maximum Gasteiger partial charge on any atom is 0.311 e. The van der Waals surface area contributed by atoms with E-state index in [1.54, 1.807) is 12.3 Å². The Bertz CT molecular complexity index is 710. The van der Waals surface area contributed by atoms with E-state index in [9.17, 15) is 9.90 Å². The highest BCUT2D eigenvalue weighted by Crippen LogP contribution is 2.35. The van der Waals surface area contributed by atoms with Gasteiger partial charge in [-0.1, -0.05) is 24.3 Å². The predicted molar refractivity (Wildman–Crippen MR) is 91.3 cm³/mol. The fraction of sp³-hybridized carbons (Fsp3) is 0.368. The normalized spacial score (nSPS) is 21.5. The largest absolute Gasteiger partial charge is 0.481 e. The van der Waals surface area contributed by atoms with Crippen molar-refractivity contribution in [3.63, 3.8) is 0 Å². The molecule has 1 aromatic carbocycles. The first kappa shape index (κ1) is 16.5. The van der Waals surface area contributed by atoms with Crippen molar-refractivity contribution in [3.8, 4) is 11.5 Å². The molecule has 0 saturated carbocycles. The van der Waals surface area contributed by atoms with Gasteiger partial charge in [0.15, 0.2) is 0 Å². The van der Waals surface area contributed by atoms with Crippen LogP contribution in [0, 0.1) is 5.41 Å². The van der Waals surface area contributed by atoms with Crippen LogP contribution in [0.3, 0.4) is 0 Å². The number of aliphatic carboxylic acids is 1. The monoisotopic (exact) mass is 326 g/mol. The third-order valence-corrected chi connectivity index (χ3v) is 4.60. The third-order valence-electron chi connectivity index (χ3n) is 4.60. The van der Waals surface area contributed by atoms with Crippen molar-refractivity contribution in [1.29, 1.82) is 0 Å². The average Bonchev–Trinajstić information content (AvgIpc) is 3.04. The SMILES string of the molecule is C=CC[C@]1(C(=O)O)CCCN(Cc2coc(-c3ccccc3)n2)C1. The molecular formula is C19H22N2O3. The number of oxazole rings is 1. The standard InChI is InChI=1S/C19H22N2O3/c1-2-9-19(18(22)23)10-6-11-21(14-19)12-16-13-24-17(20-16)15-7-4-3-5-8-15/h2-5,7-8,13H,1,6,9-12,14H2,(H,22,23)/t19-/m0/s1. The second-order valence-corrected chi connectivity index (χ2v) is 6.40. The van der Waals surface area contributed by atoms with Crippen LogP contribution in [0.4, 0.5) is 0 Å². The molecule has 1 atom stereocenters. The first-order valence-electron chi connectivity index (χ1n) is 8.19. The highest BCUT2D eigenvalue weighted by Gasteiger charge is 2.41. The second kappa shape index (κ2) is 7.01. The minimum atomic E-state index is -0.739. The number of piperidine rings is 1. The number of carboxylic acids is 1. The fourth-order valence-corrected chi connectivity index (χ4v) is 3.39. The molecular weight excluding hydrogens is 304 g/mol. The van der Waals surface area contributed by atoms with Crippen LogP contribution in [0.5, 0.6) is 0 Å². The lowest BCUT2D eigenvalue weighted by atomic mass is 9.77. The summed E-state index contributed by atoms with van der Waals surface area (Å²) in [5, 5.41) is 9.65. The summed E-state index contributed by atoms with van der Waals surface area (Å²) in [5.41, 5.74) is 1.04. The van der Waals surface area contributed by atoms with Gasteiger partial charge in [-0.15, -0.1) is 6.58 Å². The van der Waals surface area contributed by atoms with Gasteiger partial charge in [-0.3, -0.25) is 9.69 Å². The van der Waals surface area contributed by atoms with E-state index in [1.165, 1.54) is 0 Å². The number of hydrogen-bond donors (Lipinski definition) is 1. The number of nitrogens with zero attached hydrogens (tertiary/aromatic N) is 2. The number of rotatable bonds is 6. The summed E-state index contributed by atoms with van der Waals surface area (Å²) in [4.78, 5) is 18.4. The van der Waals surface area contributed by atoms with E-state index in [0.29, 0.717) is 31.8 Å². The molecule has 1 fully saturated rings. The van der Waals surface area contributed by atoms with Gasteiger partial charge in [0, 0.05) is 18.7 Å². The van der Waals surface area contributed by atoms with Gasteiger partial charge in [-0.05, 0) is 37.9 Å². The summed E-state index contributed by atoms with van der Waals surface area (Å²) in [6, 6.07) is 9.75. The summed E-state index contributed by atoms with van der Waals surface area (Å²) in [7, 11) is 0. The number of hydrogen-bond acceptors (Lipinski definition) is 4. The summed E-state index contributed by atoms with van der Waals surface area (Å²) >= 11 is 0. The van der Waals surface area contributed by atoms with Gasteiger partial charge < -0.3 is 9.52 Å². The van der Waals surface area contributed by atoms with Crippen molar-refractivity contribution in [2.75, 3.05) is 13.1 Å². The van der Waals surface area contributed by atoms with Crippen LogP contribution in [-0.4, -0.2) is 34.0 Å². The number of benzene rings is 1. The summed E-state index contributed by atoms with van der Waals surface area (Å²) < 4.78 is 5.57. The molecule has 2 aromatic rings. The van der Waals surface area contributed by atoms with Gasteiger partial charge in [0.25, 0.3) is 0 Å². The number of allylic oxidation sites excluding steroid dienone is 1. The lowest BCUT2D eigenvalue weighted by molar-refractivity contribution is -0.152. The third kappa shape index (κ3) is 3.41. The Balaban J connectivity index is 1.71. The van der Waals surface area contributed by atoms with E-state index < -0.39 is 11.4 Å². The minimum Gasteiger partial charge on any atom is -0.481 e. The molecule has 5 heteroatoms. The van der Waals surface area contributed by atoms with Gasteiger partial charge in [0.1, 0.15) is 6.26 Å². The molecule has 1 aliphatic rings. The zero-order chi connectivity index (χ0) is 17.0. The van der Waals surface area contributed by atoms with Gasteiger partial charge >= 0.3 is 5.97 Å². The van der Waals surface area contributed by atoms with Crippen LogP contribution in [-0.2, 0) is 11.3 Å². The van der Waals surface area contributed by atoms with Crippen LogP contribution < -0.4 is 0 Å². The molecule has 0 unspecified atom stereocenters. The zero-order valence-corrected chi connectivity index (χ0v) is 13.6. The molecule has 0 bridgehead atoms. The van der Waals surface area contributed by atoms with Crippen molar-refractivity contribution >= 4 is 5.97 Å². The average molecular weight is 326 g/mol. The van der Waals surface area contributed by atoms with Crippen molar-refractivity contribution in [3.05, 3.63) is 54.9 Å². The van der Waals surface area contributed by atoms with Crippen molar-refractivity contribution < 1.29 is 14.3 Å². The number of aromatic nitrogens is 1. The maximum absolute atomic E-state index is 11.7. The number of carboxylic acid groups (broad SMARTS) is 1. The lowest BCUT2D eigenvalue weighted by Gasteiger charge is -2.39. The Hall–Kier alpha value is -2.40. The topological polar surface area (TPSA) is 66.6 Å². The Morgan fingerprint density at radius 1 is 1.42 bits per heavy atom. The molecule has 3 rings (SSSR count). The number of likely N-dealkylation sites (tertiary alicyclic amines) is 1. The molecule has 5 nitrogen and oxygen atoms in total. The molecule has 1 aliphatic heterocycles. The lowest BCUT2D eigenvalue weighted by Crippen LogP contribution is -2.47. The molecule has 24 heavy (non-hydrogen) atoms. The molecule has 0 amide bonds. The van der Waals surface area contributed by atoms with Gasteiger partial charge in [-0.2, -0.15) is 0 Å². The second-order valence-electron chi connectivity index (χ2n) is 6.40. The van der Waals surface area contributed by atoms with E-state index in [4.69, 9.17) is 4.42 Å². The molecule has 1 saturated heterocycles. The molecule has 2 heterocycles. The van der Waals surface area contributed by atoms with Gasteiger partial charge in [0.2, 0.25) is 5.89 Å².